The quantitative estimate of drug-likeness (QED) is 0.632. The number of benzene rings is 2. The molecule has 0 spiro atoms. The summed E-state index contributed by atoms with van der Waals surface area (Å²) in [5.74, 6) is 0.960. The van der Waals surface area contributed by atoms with Gasteiger partial charge in [-0.25, -0.2) is 4.68 Å². The normalized spacial score (nSPS) is 15.0. The van der Waals surface area contributed by atoms with Crippen molar-refractivity contribution in [2.75, 3.05) is 33.3 Å². The van der Waals surface area contributed by atoms with Crippen molar-refractivity contribution in [3.63, 3.8) is 0 Å². The third kappa shape index (κ3) is 4.64. The number of amides is 1. The zero-order valence-corrected chi connectivity index (χ0v) is 18.5. The van der Waals surface area contributed by atoms with Crippen LogP contribution in [0.2, 0.25) is 0 Å². The molecule has 0 bridgehead atoms. The first kappa shape index (κ1) is 21.1. The van der Waals surface area contributed by atoms with Gasteiger partial charge in [0.05, 0.1) is 29.7 Å². The zero-order valence-electron chi connectivity index (χ0n) is 18.5. The van der Waals surface area contributed by atoms with Gasteiger partial charge >= 0.3 is 0 Å². The summed E-state index contributed by atoms with van der Waals surface area (Å²) in [6.45, 7) is 8.13. The number of aromatic nitrogens is 2. The molecule has 162 valence electrons. The van der Waals surface area contributed by atoms with Crippen LogP contribution in [0, 0.1) is 13.8 Å². The summed E-state index contributed by atoms with van der Waals surface area (Å²) in [5.41, 5.74) is 4.64. The molecule has 0 aliphatic carbocycles. The molecule has 6 nitrogen and oxygen atoms in total. The minimum atomic E-state index is 0.0866. The summed E-state index contributed by atoms with van der Waals surface area (Å²) >= 11 is 0. The van der Waals surface area contributed by atoms with Gasteiger partial charge in [-0.2, -0.15) is 5.10 Å². The molecular weight excluding hydrogens is 388 g/mol. The summed E-state index contributed by atoms with van der Waals surface area (Å²) in [6.07, 6.45) is 0.965. The molecular formula is C25H30N4O2. The van der Waals surface area contributed by atoms with E-state index in [-0.39, 0.29) is 5.91 Å². The van der Waals surface area contributed by atoms with Gasteiger partial charge in [-0.1, -0.05) is 30.3 Å². The van der Waals surface area contributed by atoms with Gasteiger partial charge in [-0.05, 0) is 50.1 Å². The molecule has 2 aromatic carbocycles. The Balaban J connectivity index is 1.44. The van der Waals surface area contributed by atoms with Gasteiger partial charge in [0.25, 0.3) is 5.91 Å². The first-order valence-electron chi connectivity index (χ1n) is 10.8. The maximum atomic E-state index is 13.4. The molecule has 0 N–H and O–H groups in total. The average molecular weight is 419 g/mol. The maximum absolute atomic E-state index is 13.4. The Morgan fingerprint density at radius 3 is 2.42 bits per heavy atom. The van der Waals surface area contributed by atoms with Gasteiger partial charge in [0, 0.05) is 32.7 Å². The topological polar surface area (TPSA) is 50.6 Å². The first-order valence-corrected chi connectivity index (χ1v) is 10.8. The van der Waals surface area contributed by atoms with Crippen LogP contribution >= 0.6 is 0 Å². The zero-order chi connectivity index (χ0) is 21.8. The molecule has 2 heterocycles. The van der Waals surface area contributed by atoms with Gasteiger partial charge in [0.1, 0.15) is 5.75 Å². The van der Waals surface area contributed by atoms with Crippen LogP contribution < -0.4 is 4.74 Å². The van der Waals surface area contributed by atoms with Crippen LogP contribution in [-0.2, 0) is 6.54 Å². The predicted octanol–water partition coefficient (Wildman–Crippen LogP) is 3.85. The van der Waals surface area contributed by atoms with Crippen molar-refractivity contribution in [3.8, 4) is 11.4 Å². The number of ether oxygens (including phenoxy) is 1. The van der Waals surface area contributed by atoms with Gasteiger partial charge in [-0.3, -0.25) is 9.69 Å². The fourth-order valence-corrected chi connectivity index (χ4v) is 4.25. The Labute approximate surface area is 184 Å². The highest BCUT2D eigenvalue weighted by molar-refractivity contribution is 5.96. The minimum Gasteiger partial charge on any atom is -0.497 e. The van der Waals surface area contributed by atoms with E-state index in [4.69, 9.17) is 4.74 Å². The minimum absolute atomic E-state index is 0.0866. The molecule has 1 aliphatic heterocycles. The van der Waals surface area contributed by atoms with E-state index in [9.17, 15) is 4.79 Å². The van der Waals surface area contributed by atoms with Crippen molar-refractivity contribution < 1.29 is 9.53 Å². The van der Waals surface area contributed by atoms with E-state index >= 15 is 0 Å². The molecule has 1 fully saturated rings. The number of rotatable bonds is 5. The van der Waals surface area contributed by atoms with Crippen molar-refractivity contribution in [2.24, 2.45) is 0 Å². The van der Waals surface area contributed by atoms with Gasteiger partial charge in [-0.15, -0.1) is 0 Å². The highest BCUT2D eigenvalue weighted by Crippen LogP contribution is 2.21. The molecule has 6 heteroatoms. The average Bonchev–Trinajstić information content (AvgIpc) is 2.94. The van der Waals surface area contributed by atoms with Crippen molar-refractivity contribution in [1.82, 2.24) is 19.6 Å². The number of hydrogen-bond donors (Lipinski definition) is 0. The Kier molecular flexibility index (Phi) is 6.37. The SMILES string of the molecule is COc1ccc(CN2CCCN(C(=O)c3c(C)nn(-c4ccccc4)c3C)CC2)cc1. The van der Waals surface area contributed by atoms with E-state index in [1.807, 2.05) is 65.9 Å². The number of methoxy groups -OCH3 is 1. The van der Waals surface area contributed by atoms with Crippen LogP contribution in [0.3, 0.4) is 0 Å². The largest absolute Gasteiger partial charge is 0.497 e. The smallest absolute Gasteiger partial charge is 0.257 e. The van der Waals surface area contributed by atoms with Crippen LogP contribution in [0.4, 0.5) is 0 Å². The molecule has 1 saturated heterocycles. The number of para-hydroxylation sites is 1. The Morgan fingerprint density at radius 2 is 1.71 bits per heavy atom. The fraction of sp³-hybridized carbons (Fsp3) is 0.360. The van der Waals surface area contributed by atoms with Gasteiger partial charge in [0.2, 0.25) is 0 Å². The van der Waals surface area contributed by atoms with E-state index in [2.05, 4.69) is 22.1 Å². The Bertz CT molecular complexity index is 1030. The second-order valence-corrected chi connectivity index (χ2v) is 8.06. The molecule has 0 saturated carbocycles. The molecule has 31 heavy (non-hydrogen) atoms. The number of carbonyl (C=O) groups is 1. The lowest BCUT2D eigenvalue weighted by Gasteiger charge is -2.22. The molecule has 1 aromatic heterocycles. The lowest BCUT2D eigenvalue weighted by atomic mass is 10.1. The predicted molar refractivity (Wildman–Crippen MR) is 122 cm³/mol. The number of nitrogens with zero attached hydrogens (tertiary/aromatic N) is 4. The number of aryl methyl sites for hydroxylation is 1. The highest BCUT2D eigenvalue weighted by atomic mass is 16.5. The molecule has 1 amide bonds. The van der Waals surface area contributed by atoms with Crippen molar-refractivity contribution >= 4 is 5.91 Å². The van der Waals surface area contributed by atoms with Crippen molar-refractivity contribution in [2.45, 2.75) is 26.8 Å². The molecule has 3 aromatic rings. The molecule has 0 atom stereocenters. The van der Waals surface area contributed by atoms with Crippen LogP contribution in [0.5, 0.6) is 5.75 Å². The number of hydrogen-bond acceptors (Lipinski definition) is 4. The second-order valence-electron chi connectivity index (χ2n) is 8.06. The van der Waals surface area contributed by atoms with Crippen molar-refractivity contribution in [3.05, 3.63) is 77.1 Å². The second kappa shape index (κ2) is 9.35. The Hall–Kier alpha value is -3.12. The molecule has 0 radical (unpaired) electrons. The maximum Gasteiger partial charge on any atom is 0.257 e. The summed E-state index contributed by atoms with van der Waals surface area (Å²) < 4.78 is 7.12. The van der Waals surface area contributed by atoms with Crippen LogP contribution in [0.15, 0.2) is 54.6 Å². The van der Waals surface area contributed by atoms with E-state index in [1.165, 1.54) is 5.56 Å². The molecule has 4 rings (SSSR count). The van der Waals surface area contributed by atoms with E-state index in [0.29, 0.717) is 0 Å². The lowest BCUT2D eigenvalue weighted by molar-refractivity contribution is 0.0759. The van der Waals surface area contributed by atoms with Crippen LogP contribution in [0.25, 0.3) is 5.69 Å². The van der Waals surface area contributed by atoms with Crippen LogP contribution in [0.1, 0.15) is 33.7 Å². The van der Waals surface area contributed by atoms with Crippen molar-refractivity contribution in [1.29, 1.82) is 0 Å². The Morgan fingerprint density at radius 1 is 0.968 bits per heavy atom. The molecule has 0 unspecified atom stereocenters. The third-order valence-corrected chi connectivity index (χ3v) is 5.95. The lowest BCUT2D eigenvalue weighted by Crippen LogP contribution is -2.35. The highest BCUT2D eigenvalue weighted by Gasteiger charge is 2.26. The first-order chi connectivity index (χ1) is 15.1. The molecule has 1 aliphatic rings. The standard InChI is InChI=1S/C25H30N4O2/c1-19-24(20(2)29(26-19)22-8-5-4-6-9-22)25(30)28-15-7-14-27(16-17-28)18-21-10-12-23(31-3)13-11-21/h4-6,8-13H,7,14-18H2,1-3H3. The number of carbonyl (C=O) groups excluding carboxylic acids is 1. The summed E-state index contributed by atoms with van der Waals surface area (Å²) in [5, 5.41) is 4.65. The summed E-state index contributed by atoms with van der Waals surface area (Å²) in [6, 6.07) is 18.2. The van der Waals surface area contributed by atoms with Gasteiger partial charge in [0.15, 0.2) is 0 Å². The van der Waals surface area contributed by atoms with Crippen LogP contribution in [-0.4, -0.2) is 58.8 Å². The third-order valence-electron chi connectivity index (χ3n) is 5.95. The van der Waals surface area contributed by atoms with E-state index in [0.717, 1.165) is 67.5 Å². The van der Waals surface area contributed by atoms with E-state index in [1.54, 1.807) is 7.11 Å². The monoisotopic (exact) mass is 418 g/mol. The summed E-state index contributed by atoms with van der Waals surface area (Å²) in [7, 11) is 1.68. The fourth-order valence-electron chi connectivity index (χ4n) is 4.25. The van der Waals surface area contributed by atoms with E-state index < -0.39 is 0 Å². The summed E-state index contributed by atoms with van der Waals surface area (Å²) in [4.78, 5) is 17.8. The van der Waals surface area contributed by atoms with Gasteiger partial charge < -0.3 is 9.64 Å².